The number of carbonyl (C=O) groups is 1. The van der Waals surface area contributed by atoms with Gasteiger partial charge in [0.25, 0.3) is 5.91 Å². The molecular weight excluding hydrogens is 277 g/mol. The monoisotopic (exact) mass is 287 g/mol. The number of benzene rings is 1. The van der Waals surface area contributed by atoms with Gasteiger partial charge in [0.15, 0.2) is 0 Å². The molecule has 0 aliphatic heterocycles. The van der Waals surface area contributed by atoms with E-state index in [2.05, 4.69) is 27.8 Å². The number of carbonyl (C=O) groups excluding carboxylic acids is 1. The summed E-state index contributed by atoms with van der Waals surface area (Å²) in [6.45, 7) is 6.01. The molecule has 0 aliphatic rings. The number of amides is 1. The Hall–Kier alpha value is -0.800. The molecule has 15 heavy (non-hydrogen) atoms. The molecule has 1 amide bonds. The maximum absolute atomic E-state index is 11.7. The second-order valence-corrected chi connectivity index (χ2v) is 4.47. The third-order valence-electron chi connectivity index (χ3n) is 1.75. The molecule has 0 fully saturated rings. The van der Waals surface area contributed by atoms with Crippen molar-refractivity contribution in [2.75, 3.05) is 6.54 Å². The van der Waals surface area contributed by atoms with E-state index in [9.17, 15) is 4.79 Å². The highest BCUT2D eigenvalue weighted by Crippen LogP contribution is 2.25. The van der Waals surface area contributed by atoms with Crippen LogP contribution in [0.2, 0.25) is 5.02 Å². The molecule has 0 aromatic heterocycles. The lowest BCUT2D eigenvalue weighted by atomic mass is 10.2. The smallest absolute Gasteiger partial charge is 0.253 e. The van der Waals surface area contributed by atoms with Gasteiger partial charge in [0.1, 0.15) is 0 Å². The van der Waals surface area contributed by atoms with Crippen LogP contribution >= 0.6 is 27.5 Å². The highest BCUT2D eigenvalue weighted by molar-refractivity contribution is 9.10. The van der Waals surface area contributed by atoms with Crippen molar-refractivity contribution in [2.45, 2.75) is 6.92 Å². The van der Waals surface area contributed by atoms with E-state index < -0.39 is 0 Å². The van der Waals surface area contributed by atoms with E-state index in [4.69, 9.17) is 11.6 Å². The van der Waals surface area contributed by atoms with Crippen LogP contribution in [0.4, 0.5) is 0 Å². The first-order valence-corrected chi connectivity index (χ1v) is 5.56. The van der Waals surface area contributed by atoms with Crippen LogP contribution in [0.25, 0.3) is 0 Å². The summed E-state index contributed by atoms with van der Waals surface area (Å²) in [6.07, 6.45) is 0. The standard InChI is InChI=1S/C11H11BrClNO/c1-7(2)6-14-11(15)8-4-3-5-9(12)10(8)13/h3-5H,1,6H2,2H3,(H,14,15). The minimum atomic E-state index is -0.190. The first-order chi connectivity index (χ1) is 7.02. The molecule has 1 N–H and O–H groups in total. The molecule has 1 aromatic carbocycles. The fourth-order valence-corrected chi connectivity index (χ4v) is 1.58. The fraction of sp³-hybridized carbons (Fsp3) is 0.182. The van der Waals surface area contributed by atoms with Crippen LogP contribution in [0.15, 0.2) is 34.8 Å². The van der Waals surface area contributed by atoms with E-state index >= 15 is 0 Å². The van der Waals surface area contributed by atoms with Gasteiger partial charge >= 0.3 is 0 Å². The number of hydrogen-bond donors (Lipinski definition) is 1. The Labute approximate surface area is 102 Å². The van der Waals surface area contributed by atoms with Gasteiger partial charge in [-0.05, 0) is 35.0 Å². The molecular formula is C11H11BrClNO. The summed E-state index contributed by atoms with van der Waals surface area (Å²) in [5.74, 6) is -0.190. The predicted molar refractivity (Wildman–Crippen MR) is 66.3 cm³/mol. The molecule has 0 spiro atoms. The summed E-state index contributed by atoms with van der Waals surface area (Å²) in [4.78, 5) is 11.7. The van der Waals surface area contributed by atoms with Crippen molar-refractivity contribution in [1.29, 1.82) is 0 Å². The average Bonchev–Trinajstić information content (AvgIpc) is 2.18. The molecule has 0 saturated carbocycles. The van der Waals surface area contributed by atoms with Crippen molar-refractivity contribution in [3.8, 4) is 0 Å². The zero-order valence-electron chi connectivity index (χ0n) is 8.31. The zero-order chi connectivity index (χ0) is 11.4. The first kappa shape index (κ1) is 12.3. The highest BCUT2D eigenvalue weighted by atomic mass is 79.9. The minimum Gasteiger partial charge on any atom is -0.348 e. The lowest BCUT2D eigenvalue weighted by molar-refractivity contribution is 0.0957. The van der Waals surface area contributed by atoms with E-state index in [1.807, 2.05) is 6.92 Å². The van der Waals surface area contributed by atoms with E-state index in [0.29, 0.717) is 21.6 Å². The second-order valence-electron chi connectivity index (χ2n) is 3.24. The molecule has 0 unspecified atom stereocenters. The molecule has 0 heterocycles. The van der Waals surface area contributed by atoms with Crippen LogP contribution in [-0.2, 0) is 0 Å². The van der Waals surface area contributed by atoms with Crippen LogP contribution in [0.5, 0.6) is 0 Å². The van der Waals surface area contributed by atoms with Crippen LogP contribution in [0.3, 0.4) is 0 Å². The van der Waals surface area contributed by atoms with Gasteiger partial charge < -0.3 is 5.32 Å². The second kappa shape index (κ2) is 5.33. The van der Waals surface area contributed by atoms with Crippen molar-refractivity contribution in [3.05, 3.63) is 45.4 Å². The molecule has 0 radical (unpaired) electrons. The fourth-order valence-electron chi connectivity index (χ4n) is 1.01. The van der Waals surface area contributed by atoms with Gasteiger partial charge in [0.05, 0.1) is 10.6 Å². The van der Waals surface area contributed by atoms with Crippen molar-refractivity contribution < 1.29 is 4.79 Å². The van der Waals surface area contributed by atoms with E-state index in [1.165, 1.54) is 0 Å². The first-order valence-electron chi connectivity index (χ1n) is 4.39. The minimum absolute atomic E-state index is 0.190. The number of rotatable bonds is 3. The Balaban J connectivity index is 2.82. The predicted octanol–water partition coefficient (Wildman–Crippen LogP) is 3.41. The van der Waals surface area contributed by atoms with Gasteiger partial charge in [-0.2, -0.15) is 0 Å². The van der Waals surface area contributed by atoms with Gasteiger partial charge in [0, 0.05) is 11.0 Å². The molecule has 0 aliphatic carbocycles. The summed E-state index contributed by atoms with van der Waals surface area (Å²) < 4.78 is 0.715. The Morgan fingerprint density at radius 3 is 2.87 bits per heavy atom. The maximum Gasteiger partial charge on any atom is 0.253 e. The van der Waals surface area contributed by atoms with Gasteiger partial charge in [-0.25, -0.2) is 0 Å². The Bertz CT molecular complexity index is 404. The highest BCUT2D eigenvalue weighted by Gasteiger charge is 2.11. The topological polar surface area (TPSA) is 29.1 Å². The van der Waals surface area contributed by atoms with Gasteiger partial charge in [-0.3, -0.25) is 4.79 Å². The molecule has 0 bridgehead atoms. The van der Waals surface area contributed by atoms with Gasteiger partial charge in [-0.15, -0.1) is 0 Å². The molecule has 0 saturated heterocycles. The molecule has 1 rings (SSSR count). The Morgan fingerprint density at radius 2 is 2.27 bits per heavy atom. The molecule has 1 aromatic rings. The number of nitrogens with one attached hydrogen (secondary N) is 1. The van der Waals surface area contributed by atoms with Crippen molar-refractivity contribution in [3.63, 3.8) is 0 Å². The quantitative estimate of drug-likeness (QED) is 0.849. The van der Waals surface area contributed by atoms with Crippen molar-refractivity contribution >= 4 is 33.4 Å². The largest absolute Gasteiger partial charge is 0.348 e. The maximum atomic E-state index is 11.7. The van der Waals surface area contributed by atoms with Gasteiger partial charge in [-0.1, -0.05) is 29.8 Å². The lowest BCUT2D eigenvalue weighted by Crippen LogP contribution is -2.25. The van der Waals surface area contributed by atoms with Crippen LogP contribution in [0.1, 0.15) is 17.3 Å². The summed E-state index contributed by atoms with van der Waals surface area (Å²) in [5.41, 5.74) is 1.36. The van der Waals surface area contributed by atoms with Crippen molar-refractivity contribution in [2.24, 2.45) is 0 Å². The van der Waals surface area contributed by atoms with Crippen molar-refractivity contribution in [1.82, 2.24) is 5.32 Å². The van der Waals surface area contributed by atoms with Crippen LogP contribution in [0, 0.1) is 0 Å². The van der Waals surface area contributed by atoms with E-state index in [1.54, 1.807) is 18.2 Å². The molecule has 4 heteroatoms. The average molecular weight is 289 g/mol. The SMILES string of the molecule is C=C(C)CNC(=O)c1cccc(Br)c1Cl. The Kier molecular flexibility index (Phi) is 4.36. The van der Waals surface area contributed by atoms with Gasteiger partial charge in [0.2, 0.25) is 0 Å². The third kappa shape index (κ3) is 3.36. The molecule has 2 nitrogen and oxygen atoms in total. The lowest BCUT2D eigenvalue weighted by Gasteiger charge is -2.07. The zero-order valence-corrected chi connectivity index (χ0v) is 10.7. The van der Waals surface area contributed by atoms with E-state index in [-0.39, 0.29) is 5.91 Å². The number of halogens is 2. The summed E-state index contributed by atoms with van der Waals surface area (Å²) in [7, 11) is 0. The van der Waals surface area contributed by atoms with Crippen LogP contribution in [-0.4, -0.2) is 12.5 Å². The van der Waals surface area contributed by atoms with Crippen LogP contribution < -0.4 is 5.32 Å². The normalized spacial score (nSPS) is 9.80. The Morgan fingerprint density at radius 1 is 1.60 bits per heavy atom. The molecule has 0 atom stereocenters. The number of hydrogen-bond acceptors (Lipinski definition) is 1. The van der Waals surface area contributed by atoms with E-state index in [0.717, 1.165) is 5.57 Å². The molecule has 80 valence electrons. The summed E-state index contributed by atoms with van der Waals surface area (Å²) in [6, 6.07) is 5.24. The summed E-state index contributed by atoms with van der Waals surface area (Å²) in [5, 5.41) is 3.15. The summed E-state index contributed by atoms with van der Waals surface area (Å²) >= 11 is 9.24. The third-order valence-corrected chi connectivity index (χ3v) is 3.04.